The Morgan fingerprint density at radius 1 is 1.64 bits per heavy atom. The van der Waals surface area contributed by atoms with Crippen molar-refractivity contribution in [3.63, 3.8) is 0 Å². The highest BCUT2D eigenvalue weighted by Crippen LogP contribution is 2.26. The van der Waals surface area contributed by atoms with Crippen LogP contribution in [0.5, 0.6) is 0 Å². The summed E-state index contributed by atoms with van der Waals surface area (Å²) < 4.78 is 0. The molecule has 0 radical (unpaired) electrons. The van der Waals surface area contributed by atoms with Gasteiger partial charge in [0.15, 0.2) is 0 Å². The molecule has 1 aliphatic rings. The van der Waals surface area contributed by atoms with Crippen molar-refractivity contribution in [1.82, 2.24) is 5.32 Å². The highest BCUT2D eigenvalue weighted by Gasteiger charge is 2.24. The minimum Gasteiger partial charge on any atom is -0.310 e. The van der Waals surface area contributed by atoms with Gasteiger partial charge in [0.05, 0.1) is 0 Å². The molecule has 0 saturated heterocycles. The molecule has 1 saturated carbocycles. The second kappa shape index (κ2) is 4.13. The Morgan fingerprint density at radius 2 is 2.27 bits per heavy atom. The van der Waals surface area contributed by atoms with Gasteiger partial charge in [0, 0.05) is 18.1 Å². The van der Waals surface area contributed by atoms with Crippen LogP contribution < -0.4 is 5.32 Å². The lowest BCUT2D eigenvalue weighted by Gasteiger charge is -2.33. The Labute approximate surface area is 73.8 Å². The van der Waals surface area contributed by atoms with E-state index in [0.29, 0.717) is 0 Å². The van der Waals surface area contributed by atoms with E-state index in [9.17, 15) is 0 Å². The Balaban J connectivity index is 2.05. The van der Waals surface area contributed by atoms with Crippen molar-refractivity contribution in [3.8, 4) is 0 Å². The normalized spacial score (nSPS) is 31.7. The summed E-state index contributed by atoms with van der Waals surface area (Å²) in [4.78, 5) is 0. The number of rotatable bonds is 3. The molecule has 0 bridgehead atoms. The lowest BCUT2D eigenvalue weighted by molar-refractivity contribution is 0.247. The maximum absolute atomic E-state index is 5.52. The third-order valence-electron chi connectivity index (χ3n) is 2.23. The standard InChI is InChI=1S/C9H16ClN/c1-7-3-9(4-7)11-6-8(2)5-10/h5,7,9,11H,3-4,6H2,1-2H3. The molecular formula is C9H16ClN. The van der Waals surface area contributed by atoms with E-state index in [4.69, 9.17) is 11.6 Å². The molecule has 2 heteroatoms. The first-order valence-electron chi connectivity index (χ1n) is 4.21. The Bertz CT molecular complexity index is 148. The summed E-state index contributed by atoms with van der Waals surface area (Å²) in [6, 6.07) is 0.747. The summed E-state index contributed by atoms with van der Waals surface area (Å²) >= 11 is 5.52. The lowest BCUT2D eigenvalue weighted by atomic mass is 9.82. The summed E-state index contributed by atoms with van der Waals surface area (Å²) in [5.74, 6) is 0.924. The topological polar surface area (TPSA) is 12.0 Å². The maximum atomic E-state index is 5.52. The zero-order valence-corrected chi connectivity index (χ0v) is 7.99. The Hall–Kier alpha value is -0.0100. The fourth-order valence-electron chi connectivity index (χ4n) is 1.41. The smallest absolute Gasteiger partial charge is 0.0176 e. The second-order valence-electron chi connectivity index (χ2n) is 3.61. The first-order valence-corrected chi connectivity index (χ1v) is 4.65. The molecule has 0 aliphatic heterocycles. The van der Waals surface area contributed by atoms with Gasteiger partial charge in [-0.3, -0.25) is 0 Å². The maximum Gasteiger partial charge on any atom is 0.0176 e. The fraction of sp³-hybridized carbons (Fsp3) is 0.778. The number of hydrogen-bond acceptors (Lipinski definition) is 1. The molecule has 1 rings (SSSR count). The predicted octanol–water partition coefficient (Wildman–Crippen LogP) is 2.52. The van der Waals surface area contributed by atoms with Crippen LogP contribution in [-0.2, 0) is 0 Å². The summed E-state index contributed by atoms with van der Waals surface area (Å²) in [5.41, 5.74) is 2.86. The van der Waals surface area contributed by atoms with E-state index < -0.39 is 0 Å². The van der Waals surface area contributed by atoms with Gasteiger partial charge in [0.25, 0.3) is 0 Å². The van der Waals surface area contributed by atoms with E-state index in [2.05, 4.69) is 12.2 Å². The van der Waals surface area contributed by atoms with Crippen molar-refractivity contribution in [1.29, 1.82) is 0 Å². The van der Waals surface area contributed by atoms with Gasteiger partial charge in [0.2, 0.25) is 0 Å². The van der Waals surface area contributed by atoms with Crippen LogP contribution in [0.25, 0.3) is 0 Å². The van der Waals surface area contributed by atoms with Crippen LogP contribution >= 0.6 is 11.6 Å². The zero-order valence-electron chi connectivity index (χ0n) is 7.23. The van der Waals surface area contributed by atoms with Crippen LogP contribution in [0.3, 0.4) is 0 Å². The summed E-state index contributed by atoms with van der Waals surface area (Å²) in [6.07, 6.45) is 2.66. The van der Waals surface area contributed by atoms with Crippen LogP contribution in [0.1, 0.15) is 26.7 Å². The van der Waals surface area contributed by atoms with E-state index in [1.807, 2.05) is 6.92 Å². The summed E-state index contributed by atoms with van der Waals surface area (Å²) in [6.45, 7) is 5.28. The minimum absolute atomic E-state index is 0.747. The third-order valence-corrected chi connectivity index (χ3v) is 2.60. The molecule has 1 nitrogen and oxygen atoms in total. The van der Waals surface area contributed by atoms with Crippen molar-refractivity contribution < 1.29 is 0 Å². The van der Waals surface area contributed by atoms with E-state index in [-0.39, 0.29) is 0 Å². The second-order valence-corrected chi connectivity index (χ2v) is 3.83. The van der Waals surface area contributed by atoms with Crippen LogP contribution in [0.2, 0.25) is 0 Å². The van der Waals surface area contributed by atoms with Gasteiger partial charge >= 0.3 is 0 Å². The highest BCUT2D eigenvalue weighted by molar-refractivity contribution is 6.25. The van der Waals surface area contributed by atoms with Crippen LogP contribution in [0, 0.1) is 5.92 Å². The van der Waals surface area contributed by atoms with E-state index in [1.54, 1.807) is 5.54 Å². The lowest BCUT2D eigenvalue weighted by Crippen LogP contribution is -2.40. The van der Waals surface area contributed by atoms with Crippen molar-refractivity contribution in [2.24, 2.45) is 5.92 Å². The quantitative estimate of drug-likeness (QED) is 0.692. The van der Waals surface area contributed by atoms with Crippen LogP contribution in [0.4, 0.5) is 0 Å². The first-order chi connectivity index (χ1) is 5.22. The third kappa shape index (κ3) is 2.84. The number of hydrogen-bond donors (Lipinski definition) is 1. The molecule has 1 N–H and O–H groups in total. The van der Waals surface area contributed by atoms with Gasteiger partial charge < -0.3 is 5.32 Å². The van der Waals surface area contributed by atoms with Crippen molar-refractivity contribution >= 4 is 11.6 Å². The van der Waals surface area contributed by atoms with Crippen molar-refractivity contribution in [2.45, 2.75) is 32.7 Å². The molecular weight excluding hydrogens is 158 g/mol. The van der Waals surface area contributed by atoms with Crippen LogP contribution in [0.15, 0.2) is 11.1 Å². The van der Waals surface area contributed by atoms with Gasteiger partial charge in [-0.25, -0.2) is 0 Å². The minimum atomic E-state index is 0.747. The predicted molar refractivity (Wildman–Crippen MR) is 49.8 cm³/mol. The molecule has 0 spiro atoms. The SMILES string of the molecule is CC(=CCl)CNC1CC(C)C1. The molecule has 0 aromatic rings. The largest absolute Gasteiger partial charge is 0.310 e. The zero-order chi connectivity index (χ0) is 8.27. The molecule has 1 fully saturated rings. The van der Waals surface area contributed by atoms with E-state index >= 15 is 0 Å². The molecule has 0 atom stereocenters. The Morgan fingerprint density at radius 3 is 2.73 bits per heavy atom. The molecule has 11 heavy (non-hydrogen) atoms. The van der Waals surface area contributed by atoms with Gasteiger partial charge in [0.1, 0.15) is 0 Å². The molecule has 0 amide bonds. The Kier molecular flexibility index (Phi) is 3.41. The first kappa shape index (κ1) is 9.08. The molecule has 64 valence electrons. The van der Waals surface area contributed by atoms with Crippen molar-refractivity contribution in [3.05, 3.63) is 11.1 Å². The van der Waals surface area contributed by atoms with E-state index in [0.717, 1.165) is 18.5 Å². The molecule has 0 aromatic carbocycles. The van der Waals surface area contributed by atoms with Crippen molar-refractivity contribution in [2.75, 3.05) is 6.54 Å². The molecule has 0 heterocycles. The summed E-state index contributed by atoms with van der Waals surface area (Å²) in [5, 5.41) is 3.45. The van der Waals surface area contributed by atoms with Gasteiger partial charge in [-0.2, -0.15) is 0 Å². The monoisotopic (exact) mass is 173 g/mol. The van der Waals surface area contributed by atoms with Crippen LogP contribution in [-0.4, -0.2) is 12.6 Å². The number of halogens is 1. The summed E-state index contributed by atoms with van der Waals surface area (Å²) in [7, 11) is 0. The average molecular weight is 174 g/mol. The molecule has 1 aliphatic carbocycles. The van der Waals surface area contributed by atoms with Gasteiger partial charge in [-0.15, -0.1) is 0 Å². The average Bonchev–Trinajstić information content (AvgIpc) is 1.95. The van der Waals surface area contributed by atoms with E-state index in [1.165, 1.54) is 18.4 Å². The highest BCUT2D eigenvalue weighted by atomic mass is 35.5. The fourth-order valence-corrected chi connectivity index (χ4v) is 1.49. The number of nitrogens with one attached hydrogen (secondary N) is 1. The molecule has 0 aromatic heterocycles. The molecule has 0 unspecified atom stereocenters. The van der Waals surface area contributed by atoms with Gasteiger partial charge in [-0.05, 0) is 31.3 Å². The van der Waals surface area contributed by atoms with Gasteiger partial charge in [-0.1, -0.05) is 18.5 Å².